The van der Waals surface area contributed by atoms with E-state index in [1.165, 1.54) is 6.07 Å². The summed E-state index contributed by atoms with van der Waals surface area (Å²) in [5, 5.41) is 3.83. The highest BCUT2D eigenvalue weighted by atomic mass is 35.5. The Morgan fingerprint density at radius 2 is 1.95 bits per heavy atom. The predicted molar refractivity (Wildman–Crippen MR) is 80.0 cm³/mol. The summed E-state index contributed by atoms with van der Waals surface area (Å²) in [6, 6.07) is 10.5. The lowest BCUT2D eigenvalue weighted by Crippen LogP contribution is -2.18. The van der Waals surface area contributed by atoms with Crippen LogP contribution in [0.4, 0.5) is 4.39 Å². The van der Waals surface area contributed by atoms with E-state index >= 15 is 0 Å². The van der Waals surface area contributed by atoms with Crippen molar-refractivity contribution in [3.05, 3.63) is 63.9 Å². The van der Waals surface area contributed by atoms with Crippen LogP contribution in [0.1, 0.15) is 22.7 Å². The highest BCUT2D eigenvalue weighted by molar-refractivity contribution is 6.31. The first kappa shape index (κ1) is 14.8. The van der Waals surface area contributed by atoms with Crippen LogP contribution < -0.4 is 10.1 Å². The molecule has 0 saturated heterocycles. The maximum Gasteiger partial charge on any atom is 0.126 e. The van der Waals surface area contributed by atoms with Crippen molar-refractivity contribution in [2.75, 3.05) is 14.2 Å². The van der Waals surface area contributed by atoms with E-state index in [9.17, 15) is 4.39 Å². The molecule has 2 aromatic rings. The maximum atomic E-state index is 13.4. The lowest BCUT2D eigenvalue weighted by atomic mass is 9.97. The first-order chi connectivity index (χ1) is 9.56. The molecule has 0 spiro atoms. The summed E-state index contributed by atoms with van der Waals surface area (Å²) >= 11 is 6.31. The molecule has 0 aliphatic carbocycles. The Morgan fingerprint density at radius 1 is 1.20 bits per heavy atom. The molecule has 0 radical (unpaired) electrons. The molecule has 0 heterocycles. The van der Waals surface area contributed by atoms with Crippen molar-refractivity contribution in [1.82, 2.24) is 5.32 Å². The van der Waals surface area contributed by atoms with E-state index in [4.69, 9.17) is 16.3 Å². The van der Waals surface area contributed by atoms with E-state index in [1.54, 1.807) is 26.2 Å². The Labute approximate surface area is 123 Å². The molecule has 2 aromatic carbocycles. The van der Waals surface area contributed by atoms with Crippen LogP contribution in [-0.2, 0) is 0 Å². The highest BCUT2D eigenvalue weighted by Crippen LogP contribution is 2.31. The Balaban J connectivity index is 2.43. The highest BCUT2D eigenvalue weighted by Gasteiger charge is 2.16. The fourth-order valence-corrected chi connectivity index (χ4v) is 2.50. The standard InChI is InChI=1S/C16H17ClFNO/c1-10-8-11(4-7-15(10)18)16(19-2)13-6-5-12(20-3)9-14(13)17/h4-9,16,19H,1-3H3. The zero-order valence-corrected chi connectivity index (χ0v) is 12.5. The van der Waals surface area contributed by atoms with E-state index in [0.717, 1.165) is 11.1 Å². The van der Waals surface area contributed by atoms with E-state index in [0.29, 0.717) is 16.3 Å². The molecule has 0 saturated carbocycles. The molecule has 0 fully saturated rings. The summed E-state index contributed by atoms with van der Waals surface area (Å²) in [4.78, 5) is 0. The number of hydrogen-bond acceptors (Lipinski definition) is 2. The third kappa shape index (κ3) is 2.94. The number of methoxy groups -OCH3 is 1. The van der Waals surface area contributed by atoms with Gasteiger partial charge in [0.25, 0.3) is 0 Å². The third-order valence-corrected chi connectivity index (χ3v) is 3.65. The van der Waals surface area contributed by atoms with Crippen LogP contribution in [0.25, 0.3) is 0 Å². The van der Waals surface area contributed by atoms with Crippen LogP contribution in [-0.4, -0.2) is 14.2 Å². The average molecular weight is 294 g/mol. The second-order valence-electron chi connectivity index (χ2n) is 4.62. The molecule has 0 aromatic heterocycles. The molecule has 20 heavy (non-hydrogen) atoms. The summed E-state index contributed by atoms with van der Waals surface area (Å²) in [5.41, 5.74) is 2.52. The van der Waals surface area contributed by atoms with Crippen molar-refractivity contribution < 1.29 is 9.13 Å². The van der Waals surface area contributed by atoms with E-state index < -0.39 is 0 Å². The topological polar surface area (TPSA) is 21.3 Å². The largest absolute Gasteiger partial charge is 0.497 e. The van der Waals surface area contributed by atoms with Gasteiger partial charge in [-0.05, 0) is 48.9 Å². The summed E-state index contributed by atoms with van der Waals surface area (Å²) < 4.78 is 18.5. The first-order valence-electron chi connectivity index (χ1n) is 6.33. The summed E-state index contributed by atoms with van der Waals surface area (Å²) in [5.74, 6) is 0.508. The van der Waals surface area contributed by atoms with Gasteiger partial charge in [-0.3, -0.25) is 0 Å². The maximum absolute atomic E-state index is 13.4. The zero-order chi connectivity index (χ0) is 14.7. The quantitative estimate of drug-likeness (QED) is 0.916. The normalized spacial score (nSPS) is 12.2. The minimum absolute atomic E-state index is 0.0901. The molecule has 0 bridgehead atoms. The number of nitrogens with one attached hydrogen (secondary N) is 1. The molecule has 2 rings (SSSR count). The predicted octanol–water partition coefficient (Wildman–Crippen LogP) is 4.10. The monoisotopic (exact) mass is 293 g/mol. The fourth-order valence-electron chi connectivity index (χ4n) is 2.22. The van der Waals surface area contributed by atoms with Crippen LogP contribution in [0.3, 0.4) is 0 Å². The minimum atomic E-state index is -0.204. The van der Waals surface area contributed by atoms with Gasteiger partial charge in [0.15, 0.2) is 0 Å². The molecule has 106 valence electrons. The van der Waals surface area contributed by atoms with Gasteiger partial charge in [0.1, 0.15) is 11.6 Å². The average Bonchev–Trinajstić information content (AvgIpc) is 2.45. The number of benzene rings is 2. The van der Waals surface area contributed by atoms with Crippen molar-refractivity contribution in [3.8, 4) is 5.75 Å². The Morgan fingerprint density at radius 3 is 2.50 bits per heavy atom. The molecule has 0 aliphatic rings. The van der Waals surface area contributed by atoms with Crippen LogP contribution in [0.15, 0.2) is 36.4 Å². The molecular weight excluding hydrogens is 277 g/mol. The van der Waals surface area contributed by atoms with Gasteiger partial charge in [-0.2, -0.15) is 0 Å². The number of hydrogen-bond donors (Lipinski definition) is 1. The van der Waals surface area contributed by atoms with Gasteiger partial charge in [0, 0.05) is 5.02 Å². The second-order valence-corrected chi connectivity index (χ2v) is 5.02. The van der Waals surface area contributed by atoms with E-state index in [1.807, 2.05) is 25.2 Å². The fraction of sp³-hybridized carbons (Fsp3) is 0.250. The Bertz CT molecular complexity index is 615. The van der Waals surface area contributed by atoms with Crippen LogP contribution in [0.5, 0.6) is 5.75 Å². The molecular formula is C16H17ClFNO. The summed E-state index contributed by atoms with van der Waals surface area (Å²) in [6.45, 7) is 1.75. The van der Waals surface area contributed by atoms with Gasteiger partial charge in [0.05, 0.1) is 13.2 Å². The number of aryl methyl sites for hydroxylation is 1. The number of rotatable bonds is 4. The molecule has 2 nitrogen and oxygen atoms in total. The lowest BCUT2D eigenvalue weighted by Gasteiger charge is -2.19. The van der Waals surface area contributed by atoms with Crippen molar-refractivity contribution in [3.63, 3.8) is 0 Å². The van der Waals surface area contributed by atoms with Crippen molar-refractivity contribution in [2.45, 2.75) is 13.0 Å². The molecule has 0 aliphatic heterocycles. The van der Waals surface area contributed by atoms with E-state index in [-0.39, 0.29) is 11.9 Å². The van der Waals surface area contributed by atoms with Crippen LogP contribution in [0.2, 0.25) is 5.02 Å². The van der Waals surface area contributed by atoms with Gasteiger partial charge in [0.2, 0.25) is 0 Å². The third-order valence-electron chi connectivity index (χ3n) is 3.32. The van der Waals surface area contributed by atoms with Crippen molar-refractivity contribution >= 4 is 11.6 Å². The lowest BCUT2D eigenvalue weighted by molar-refractivity contribution is 0.414. The molecule has 0 amide bonds. The van der Waals surface area contributed by atoms with Gasteiger partial charge >= 0.3 is 0 Å². The first-order valence-corrected chi connectivity index (χ1v) is 6.71. The Hall–Kier alpha value is -1.58. The van der Waals surface area contributed by atoms with Crippen molar-refractivity contribution in [2.24, 2.45) is 0 Å². The Kier molecular flexibility index (Phi) is 4.63. The second kappa shape index (κ2) is 6.25. The van der Waals surface area contributed by atoms with Gasteiger partial charge in [-0.15, -0.1) is 0 Å². The number of ether oxygens (including phenoxy) is 1. The SMILES string of the molecule is CNC(c1ccc(F)c(C)c1)c1ccc(OC)cc1Cl. The van der Waals surface area contributed by atoms with Gasteiger partial charge in [-0.25, -0.2) is 4.39 Å². The molecule has 1 atom stereocenters. The molecule has 4 heteroatoms. The minimum Gasteiger partial charge on any atom is -0.497 e. The smallest absolute Gasteiger partial charge is 0.126 e. The summed E-state index contributed by atoms with van der Waals surface area (Å²) in [6.07, 6.45) is 0. The molecule has 1 unspecified atom stereocenters. The number of halogens is 2. The zero-order valence-electron chi connectivity index (χ0n) is 11.7. The summed E-state index contributed by atoms with van der Waals surface area (Å²) in [7, 11) is 3.45. The van der Waals surface area contributed by atoms with Gasteiger partial charge < -0.3 is 10.1 Å². The van der Waals surface area contributed by atoms with E-state index in [2.05, 4.69) is 5.32 Å². The van der Waals surface area contributed by atoms with Gasteiger partial charge in [-0.1, -0.05) is 29.8 Å². The van der Waals surface area contributed by atoms with Crippen molar-refractivity contribution in [1.29, 1.82) is 0 Å². The molecule has 1 N–H and O–H groups in total. The van der Waals surface area contributed by atoms with Crippen LogP contribution >= 0.6 is 11.6 Å². The van der Waals surface area contributed by atoms with Crippen LogP contribution in [0, 0.1) is 12.7 Å².